The van der Waals surface area contributed by atoms with E-state index in [1.54, 1.807) is 10.8 Å². The molecule has 0 fully saturated rings. The molecule has 1 aromatic rings. The Morgan fingerprint density at radius 2 is 1.62 bits per heavy atom. The van der Waals surface area contributed by atoms with E-state index in [-0.39, 0.29) is 0 Å². The predicted octanol–water partition coefficient (Wildman–Crippen LogP) is 2.94. The zero-order valence-corrected chi connectivity index (χ0v) is 7.72. The van der Waals surface area contributed by atoms with E-state index < -0.39 is 10.8 Å². The second kappa shape index (κ2) is 2.47. The van der Waals surface area contributed by atoms with Gasteiger partial charge in [-0.25, -0.2) is 0 Å². The van der Waals surface area contributed by atoms with Crippen LogP contribution in [-0.2, 0) is 0 Å². The van der Waals surface area contributed by atoms with Crippen molar-refractivity contribution in [1.82, 2.24) is 0 Å². The maximum Gasteiger partial charge on any atom is 0.151 e. The summed E-state index contributed by atoms with van der Waals surface area (Å²) in [6.45, 7) is 0. The standard InChI is InChI=1S/C4H2Br2OS/c5-3-1-8(7)2-4(3)6/h1-2H. The summed E-state index contributed by atoms with van der Waals surface area (Å²) < 4.78 is 12.3. The van der Waals surface area contributed by atoms with Crippen LogP contribution in [0.4, 0.5) is 0 Å². The molecule has 0 N–H and O–H groups in total. The van der Waals surface area contributed by atoms with Gasteiger partial charge in [-0.2, -0.15) is 0 Å². The minimum atomic E-state index is -0.901. The Kier molecular flexibility index (Phi) is 2.08. The van der Waals surface area contributed by atoms with E-state index in [1.165, 1.54) is 0 Å². The third kappa shape index (κ3) is 1.31. The lowest BCUT2D eigenvalue weighted by molar-refractivity contribution is 0.598. The molecule has 0 aliphatic carbocycles. The van der Waals surface area contributed by atoms with E-state index in [1.807, 2.05) is 0 Å². The Hall–Kier alpha value is 0.620. The first-order valence-electron chi connectivity index (χ1n) is 1.84. The Morgan fingerprint density at radius 1 is 1.25 bits per heavy atom. The van der Waals surface area contributed by atoms with Crippen LogP contribution in [0.15, 0.2) is 19.7 Å². The molecule has 0 aromatic carbocycles. The van der Waals surface area contributed by atoms with Crippen LogP contribution in [0, 0.1) is 0 Å². The molecule has 1 nitrogen and oxygen atoms in total. The number of hydrogen-bond donors (Lipinski definition) is 0. The van der Waals surface area contributed by atoms with Crippen LogP contribution in [0.25, 0.3) is 0 Å². The lowest BCUT2D eigenvalue weighted by Crippen LogP contribution is -1.46. The predicted molar refractivity (Wildman–Crippen MR) is 40.5 cm³/mol. The van der Waals surface area contributed by atoms with Crippen LogP contribution in [0.1, 0.15) is 0 Å². The molecule has 1 heterocycles. The lowest BCUT2D eigenvalue weighted by atomic mass is 10.7. The molecule has 44 valence electrons. The molecule has 0 spiro atoms. The van der Waals surface area contributed by atoms with Gasteiger partial charge in [-0.1, -0.05) is 10.8 Å². The number of thiophene rings is 1. The van der Waals surface area contributed by atoms with E-state index >= 15 is 0 Å². The molecular formula is C4H2Br2OS. The Morgan fingerprint density at radius 3 is 1.75 bits per heavy atom. The molecule has 0 bridgehead atoms. The summed E-state index contributed by atoms with van der Waals surface area (Å²) in [6.07, 6.45) is 0. The highest BCUT2D eigenvalue weighted by Gasteiger charge is 2.02. The summed E-state index contributed by atoms with van der Waals surface area (Å²) in [6, 6.07) is 0. The van der Waals surface area contributed by atoms with Crippen LogP contribution in [0.5, 0.6) is 0 Å². The summed E-state index contributed by atoms with van der Waals surface area (Å²) in [5, 5.41) is 3.26. The highest BCUT2D eigenvalue weighted by atomic mass is 79.9. The van der Waals surface area contributed by atoms with E-state index in [9.17, 15) is 4.55 Å². The number of hydrogen-bond acceptors (Lipinski definition) is 1. The van der Waals surface area contributed by atoms with E-state index in [2.05, 4.69) is 31.9 Å². The fourth-order valence-electron chi connectivity index (χ4n) is 0.351. The summed E-state index contributed by atoms with van der Waals surface area (Å²) in [4.78, 5) is 0. The van der Waals surface area contributed by atoms with Crippen molar-refractivity contribution >= 4 is 42.6 Å². The van der Waals surface area contributed by atoms with Gasteiger partial charge < -0.3 is 4.55 Å². The average molecular weight is 258 g/mol. The van der Waals surface area contributed by atoms with Gasteiger partial charge >= 0.3 is 0 Å². The highest BCUT2D eigenvalue weighted by molar-refractivity contribution is 9.13. The van der Waals surface area contributed by atoms with E-state index in [0.29, 0.717) is 0 Å². The summed E-state index contributed by atoms with van der Waals surface area (Å²) in [7, 11) is -0.901. The normalized spacial score (nSPS) is 9.88. The summed E-state index contributed by atoms with van der Waals surface area (Å²) >= 11 is 6.39. The van der Waals surface area contributed by atoms with Crippen molar-refractivity contribution in [2.24, 2.45) is 0 Å². The third-order valence-corrected chi connectivity index (χ3v) is 4.05. The van der Waals surface area contributed by atoms with Gasteiger partial charge in [-0.3, -0.25) is 0 Å². The van der Waals surface area contributed by atoms with Crippen molar-refractivity contribution in [1.29, 1.82) is 0 Å². The maximum atomic E-state index is 10.6. The van der Waals surface area contributed by atoms with Crippen LogP contribution in [0.2, 0.25) is 0 Å². The minimum Gasteiger partial charge on any atom is -0.591 e. The molecule has 0 atom stereocenters. The molecule has 0 aliphatic heterocycles. The molecule has 4 heteroatoms. The molecule has 0 radical (unpaired) electrons. The number of rotatable bonds is 0. The largest absolute Gasteiger partial charge is 0.591 e. The Bertz CT molecular complexity index is 176. The zero-order chi connectivity index (χ0) is 6.15. The maximum absolute atomic E-state index is 10.6. The average Bonchev–Trinajstić information content (AvgIpc) is 1.85. The van der Waals surface area contributed by atoms with Crippen molar-refractivity contribution in [3.63, 3.8) is 0 Å². The SMILES string of the molecule is [O-][s+]1cc(Br)c(Br)c1. The molecule has 1 rings (SSSR count). The zero-order valence-electron chi connectivity index (χ0n) is 3.73. The van der Waals surface area contributed by atoms with Crippen molar-refractivity contribution in [2.45, 2.75) is 0 Å². The summed E-state index contributed by atoms with van der Waals surface area (Å²) in [5.41, 5.74) is 0. The summed E-state index contributed by atoms with van der Waals surface area (Å²) in [5.74, 6) is 0. The minimum absolute atomic E-state index is 0.871. The van der Waals surface area contributed by atoms with Gasteiger partial charge in [-0.15, -0.1) is 0 Å². The first-order valence-corrected chi connectivity index (χ1v) is 4.71. The molecule has 0 saturated carbocycles. The van der Waals surface area contributed by atoms with E-state index in [4.69, 9.17) is 0 Å². The number of halogens is 2. The Balaban J connectivity index is 3.14. The molecule has 0 amide bonds. The van der Waals surface area contributed by atoms with Gasteiger partial charge in [0, 0.05) is 0 Å². The second-order valence-corrected chi connectivity index (χ2v) is 4.10. The fourth-order valence-corrected chi connectivity index (χ4v) is 2.72. The lowest BCUT2D eigenvalue weighted by Gasteiger charge is -1.75. The fraction of sp³-hybridized carbons (Fsp3) is 0. The molecule has 0 unspecified atom stereocenters. The van der Waals surface area contributed by atoms with Gasteiger partial charge in [0.05, 0.1) is 8.95 Å². The van der Waals surface area contributed by atoms with Crippen molar-refractivity contribution in [2.75, 3.05) is 0 Å². The van der Waals surface area contributed by atoms with E-state index in [0.717, 1.165) is 8.95 Å². The van der Waals surface area contributed by atoms with Crippen molar-refractivity contribution in [3.05, 3.63) is 19.7 Å². The first-order chi connectivity index (χ1) is 3.70. The molecule has 8 heavy (non-hydrogen) atoms. The van der Waals surface area contributed by atoms with Crippen LogP contribution in [-0.4, -0.2) is 4.55 Å². The van der Waals surface area contributed by atoms with Gasteiger partial charge in [0.2, 0.25) is 0 Å². The molecule has 0 aliphatic rings. The van der Waals surface area contributed by atoms with Crippen LogP contribution >= 0.6 is 42.6 Å². The molecule has 0 saturated heterocycles. The van der Waals surface area contributed by atoms with Crippen LogP contribution < -0.4 is 0 Å². The van der Waals surface area contributed by atoms with Gasteiger partial charge in [0.1, 0.15) is 0 Å². The van der Waals surface area contributed by atoms with Gasteiger partial charge in [-0.05, 0) is 31.9 Å². The van der Waals surface area contributed by atoms with Crippen LogP contribution in [0.3, 0.4) is 0 Å². The van der Waals surface area contributed by atoms with Gasteiger partial charge in [0.25, 0.3) is 0 Å². The highest BCUT2D eigenvalue weighted by Crippen LogP contribution is 2.30. The Labute approximate surface area is 66.8 Å². The topological polar surface area (TPSA) is 23.1 Å². The molecular weight excluding hydrogens is 256 g/mol. The first kappa shape index (κ1) is 6.74. The monoisotopic (exact) mass is 256 g/mol. The van der Waals surface area contributed by atoms with Gasteiger partial charge in [0.15, 0.2) is 10.8 Å². The third-order valence-electron chi connectivity index (χ3n) is 0.667. The van der Waals surface area contributed by atoms with Crippen molar-refractivity contribution < 1.29 is 4.55 Å². The quantitative estimate of drug-likeness (QED) is 0.656. The molecule has 1 aromatic heterocycles. The second-order valence-electron chi connectivity index (χ2n) is 1.26. The van der Waals surface area contributed by atoms with Crippen molar-refractivity contribution in [3.8, 4) is 0 Å². The smallest absolute Gasteiger partial charge is 0.151 e.